The first-order valence-electron chi connectivity index (χ1n) is 6.12. The normalized spacial score (nSPS) is 21.5. The minimum absolute atomic E-state index is 0.113. The smallest absolute Gasteiger partial charge is 0.245 e. The molecular formula is C12H17ClN2O2S2. The van der Waals surface area contributed by atoms with Gasteiger partial charge in [0, 0.05) is 29.1 Å². The van der Waals surface area contributed by atoms with Crippen LogP contribution in [0.3, 0.4) is 0 Å². The van der Waals surface area contributed by atoms with Crippen molar-refractivity contribution < 1.29 is 8.42 Å². The maximum atomic E-state index is 12.6. The van der Waals surface area contributed by atoms with Gasteiger partial charge in [0.1, 0.15) is 4.90 Å². The zero-order valence-corrected chi connectivity index (χ0v) is 13.1. The van der Waals surface area contributed by atoms with Crippen molar-refractivity contribution in [1.82, 2.24) is 4.31 Å². The van der Waals surface area contributed by atoms with E-state index in [2.05, 4.69) is 6.92 Å². The van der Waals surface area contributed by atoms with Gasteiger partial charge in [0.25, 0.3) is 0 Å². The quantitative estimate of drug-likeness (QED) is 0.869. The van der Waals surface area contributed by atoms with Gasteiger partial charge >= 0.3 is 0 Å². The van der Waals surface area contributed by atoms with Gasteiger partial charge in [0.15, 0.2) is 0 Å². The van der Waals surface area contributed by atoms with Crippen LogP contribution >= 0.6 is 23.4 Å². The van der Waals surface area contributed by atoms with Crippen molar-refractivity contribution in [2.24, 2.45) is 0 Å². The maximum Gasteiger partial charge on any atom is 0.245 e. The number of anilines is 1. The van der Waals surface area contributed by atoms with Gasteiger partial charge in [-0.1, -0.05) is 18.5 Å². The highest BCUT2D eigenvalue weighted by atomic mass is 35.5. The predicted molar refractivity (Wildman–Crippen MR) is 81.2 cm³/mol. The molecule has 2 N–H and O–H groups in total. The van der Waals surface area contributed by atoms with E-state index in [1.165, 1.54) is 16.4 Å². The third kappa shape index (κ3) is 3.18. The molecule has 0 bridgehead atoms. The third-order valence-corrected chi connectivity index (χ3v) is 6.68. The SMILES string of the molecule is CCC1CN(S(=O)(=O)c2cc(Cl)ccc2N)CCS1. The summed E-state index contributed by atoms with van der Waals surface area (Å²) in [7, 11) is -3.55. The monoisotopic (exact) mass is 320 g/mol. The van der Waals surface area contributed by atoms with Gasteiger partial charge in [-0.05, 0) is 24.6 Å². The molecule has 1 atom stereocenters. The largest absolute Gasteiger partial charge is 0.398 e. The summed E-state index contributed by atoms with van der Waals surface area (Å²) >= 11 is 7.70. The van der Waals surface area contributed by atoms with Crippen LogP contribution in [0, 0.1) is 0 Å². The Morgan fingerprint density at radius 1 is 1.53 bits per heavy atom. The molecule has 19 heavy (non-hydrogen) atoms. The number of hydrogen-bond donors (Lipinski definition) is 1. The summed E-state index contributed by atoms with van der Waals surface area (Å²) in [6.45, 7) is 3.13. The molecule has 4 nitrogen and oxygen atoms in total. The molecule has 1 aromatic rings. The van der Waals surface area contributed by atoms with Crippen molar-refractivity contribution in [1.29, 1.82) is 0 Å². The molecule has 1 aromatic carbocycles. The van der Waals surface area contributed by atoms with Gasteiger partial charge in [-0.15, -0.1) is 0 Å². The minimum Gasteiger partial charge on any atom is -0.398 e. The molecule has 0 radical (unpaired) electrons. The Morgan fingerprint density at radius 3 is 2.95 bits per heavy atom. The van der Waals surface area contributed by atoms with Gasteiger partial charge in [0.2, 0.25) is 10.0 Å². The number of halogens is 1. The van der Waals surface area contributed by atoms with Crippen LogP contribution in [0.1, 0.15) is 13.3 Å². The first kappa shape index (κ1) is 15.0. The predicted octanol–water partition coefficient (Wildman–Crippen LogP) is 2.44. The molecule has 0 saturated carbocycles. The van der Waals surface area contributed by atoms with E-state index in [4.69, 9.17) is 17.3 Å². The van der Waals surface area contributed by atoms with Gasteiger partial charge in [0.05, 0.1) is 5.69 Å². The van der Waals surface area contributed by atoms with Crippen LogP contribution in [0.4, 0.5) is 5.69 Å². The Bertz CT molecular complexity index is 563. The summed E-state index contributed by atoms with van der Waals surface area (Å²) < 4.78 is 26.7. The topological polar surface area (TPSA) is 63.4 Å². The fourth-order valence-electron chi connectivity index (χ4n) is 2.03. The standard InChI is InChI=1S/C12H17ClN2O2S2/c1-2-10-8-15(5-6-18-10)19(16,17)12-7-9(13)3-4-11(12)14/h3-4,7,10H,2,5-6,8,14H2,1H3. The van der Waals surface area contributed by atoms with E-state index in [-0.39, 0.29) is 10.6 Å². The molecule has 1 aliphatic heterocycles. The lowest BCUT2D eigenvalue weighted by Gasteiger charge is -2.31. The Morgan fingerprint density at radius 2 is 2.26 bits per heavy atom. The van der Waals surface area contributed by atoms with Crippen LogP contribution in [0.5, 0.6) is 0 Å². The zero-order chi connectivity index (χ0) is 14.0. The number of nitrogen functional groups attached to an aromatic ring is 1. The van der Waals surface area contributed by atoms with Crippen molar-refractivity contribution in [3.63, 3.8) is 0 Å². The number of sulfonamides is 1. The molecule has 0 amide bonds. The Balaban J connectivity index is 2.34. The lowest BCUT2D eigenvalue weighted by atomic mass is 10.3. The number of hydrogen-bond acceptors (Lipinski definition) is 4. The van der Waals surface area contributed by atoms with Gasteiger partial charge < -0.3 is 5.73 Å². The first-order chi connectivity index (χ1) is 8.95. The molecule has 1 fully saturated rings. The molecule has 1 heterocycles. The first-order valence-corrected chi connectivity index (χ1v) is 8.98. The highest BCUT2D eigenvalue weighted by Gasteiger charge is 2.31. The molecule has 106 valence electrons. The second-order valence-electron chi connectivity index (χ2n) is 4.45. The molecule has 7 heteroatoms. The van der Waals surface area contributed by atoms with Crippen molar-refractivity contribution in [3.05, 3.63) is 23.2 Å². The van der Waals surface area contributed by atoms with E-state index in [0.717, 1.165) is 12.2 Å². The molecule has 0 spiro atoms. The highest BCUT2D eigenvalue weighted by Crippen LogP contribution is 2.30. The number of thioether (sulfide) groups is 1. The average Bonchev–Trinajstić information content (AvgIpc) is 2.41. The Labute approximate surface area is 123 Å². The number of nitrogens with two attached hydrogens (primary N) is 1. The molecule has 1 saturated heterocycles. The number of benzene rings is 1. The van der Waals surface area contributed by atoms with Crippen molar-refractivity contribution >= 4 is 39.1 Å². The molecule has 1 unspecified atom stereocenters. The number of rotatable bonds is 3. The molecule has 0 aromatic heterocycles. The lowest BCUT2D eigenvalue weighted by Crippen LogP contribution is -2.41. The van der Waals surface area contributed by atoms with E-state index in [0.29, 0.717) is 23.4 Å². The van der Waals surface area contributed by atoms with E-state index >= 15 is 0 Å². The summed E-state index contributed by atoms with van der Waals surface area (Å²) in [6.07, 6.45) is 0.960. The minimum atomic E-state index is -3.55. The van der Waals surface area contributed by atoms with Crippen LogP contribution in [0.15, 0.2) is 23.1 Å². The molecular weight excluding hydrogens is 304 g/mol. The summed E-state index contributed by atoms with van der Waals surface area (Å²) in [4.78, 5) is 0.113. The average molecular weight is 321 g/mol. The van der Waals surface area contributed by atoms with E-state index in [9.17, 15) is 8.42 Å². The van der Waals surface area contributed by atoms with Crippen LogP contribution in [-0.4, -0.2) is 36.8 Å². The van der Waals surface area contributed by atoms with Crippen molar-refractivity contribution in [2.45, 2.75) is 23.5 Å². The second-order valence-corrected chi connectivity index (χ2v) is 8.20. The van der Waals surface area contributed by atoms with Crippen LogP contribution in [0.2, 0.25) is 5.02 Å². The molecule has 2 rings (SSSR count). The zero-order valence-electron chi connectivity index (χ0n) is 10.7. The Kier molecular flexibility index (Phi) is 4.66. The lowest BCUT2D eigenvalue weighted by molar-refractivity contribution is 0.416. The summed E-state index contributed by atoms with van der Waals surface area (Å²) in [5.41, 5.74) is 6.03. The van der Waals surface area contributed by atoms with Crippen molar-refractivity contribution in [2.75, 3.05) is 24.6 Å². The Hall–Kier alpha value is -0.430. The van der Waals surface area contributed by atoms with Gasteiger partial charge in [-0.3, -0.25) is 0 Å². The van der Waals surface area contributed by atoms with E-state index in [1.54, 1.807) is 6.07 Å². The van der Waals surface area contributed by atoms with Crippen molar-refractivity contribution in [3.8, 4) is 0 Å². The molecule has 1 aliphatic rings. The summed E-state index contributed by atoms with van der Waals surface area (Å²) in [6, 6.07) is 4.55. The maximum absolute atomic E-state index is 12.6. The number of nitrogens with zero attached hydrogens (tertiary/aromatic N) is 1. The van der Waals surface area contributed by atoms with Gasteiger partial charge in [-0.2, -0.15) is 16.1 Å². The third-order valence-electron chi connectivity index (χ3n) is 3.15. The molecule has 0 aliphatic carbocycles. The summed E-state index contributed by atoms with van der Waals surface area (Å²) in [5, 5.41) is 0.732. The summed E-state index contributed by atoms with van der Waals surface area (Å²) in [5.74, 6) is 0.818. The van der Waals surface area contributed by atoms with Gasteiger partial charge in [-0.25, -0.2) is 8.42 Å². The highest BCUT2D eigenvalue weighted by molar-refractivity contribution is 8.00. The fraction of sp³-hybridized carbons (Fsp3) is 0.500. The van der Waals surface area contributed by atoms with Crippen LogP contribution < -0.4 is 5.73 Å². The van der Waals surface area contributed by atoms with E-state index < -0.39 is 10.0 Å². The van der Waals surface area contributed by atoms with Crippen LogP contribution in [-0.2, 0) is 10.0 Å². The van der Waals surface area contributed by atoms with Crippen LogP contribution in [0.25, 0.3) is 0 Å². The second kappa shape index (κ2) is 5.91. The van der Waals surface area contributed by atoms with E-state index in [1.807, 2.05) is 11.8 Å². The fourth-order valence-corrected chi connectivity index (χ4v) is 5.28.